The Kier molecular flexibility index (Phi) is 4.33. The van der Waals surface area contributed by atoms with Crippen LogP contribution >= 0.6 is 0 Å². The van der Waals surface area contributed by atoms with Crippen molar-refractivity contribution in [2.75, 3.05) is 19.5 Å². The van der Waals surface area contributed by atoms with Crippen LogP contribution in [-0.4, -0.2) is 19.2 Å². The minimum Gasteiger partial charge on any atom is -0.493 e. The van der Waals surface area contributed by atoms with E-state index in [1.54, 1.807) is 14.2 Å². The number of nitrogens with zero attached hydrogens (tertiary/aromatic N) is 1. The third-order valence-electron chi connectivity index (χ3n) is 3.83. The maximum atomic E-state index is 5.34. The van der Waals surface area contributed by atoms with Crippen molar-refractivity contribution in [2.45, 2.75) is 13.5 Å². The molecule has 0 radical (unpaired) electrons. The summed E-state index contributed by atoms with van der Waals surface area (Å²) >= 11 is 0. The summed E-state index contributed by atoms with van der Waals surface area (Å²) in [7, 11) is 3.28. The summed E-state index contributed by atoms with van der Waals surface area (Å²) in [5.74, 6) is 2.35. The first-order chi connectivity index (χ1) is 11.2. The normalized spacial score (nSPS) is 10.6. The van der Waals surface area contributed by atoms with Gasteiger partial charge in [-0.1, -0.05) is 29.8 Å². The molecule has 118 valence electrons. The number of benzene rings is 2. The minimum absolute atomic E-state index is 0.667. The summed E-state index contributed by atoms with van der Waals surface area (Å²) < 4.78 is 10.6. The second-order valence-corrected chi connectivity index (χ2v) is 5.43. The van der Waals surface area contributed by atoms with Crippen molar-refractivity contribution in [3.63, 3.8) is 0 Å². The lowest BCUT2D eigenvalue weighted by molar-refractivity contribution is 0.354. The van der Waals surface area contributed by atoms with Crippen LogP contribution in [0.2, 0.25) is 0 Å². The number of fused-ring (bicyclic) bond motifs is 1. The number of rotatable bonds is 5. The van der Waals surface area contributed by atoms with E-state index >= 15 is 0 Å². The van der Waals surface area contributed by atoms with Gasteiger partial charge >= 0.3 is 0 Å². The fraction of sp³-hybridized carbons (Fsp3) is 0.211. The molecule has 1 N–H and O–H groups in total. The van der Waals surface area contributed by atoms with E-state index in [9.17, 15) is 0 Å². The Balaban J connectivity index is 1.83. The molecule has 0 bridgehead atoms. The van der Waals surface area contributed by atoms with Crippen LogP contribution in [0, 0.1) is 6.92 Å². The fourth-order valence-electron chi connectivity index (χ4n) is 2.61. The smallest absolute Gasteiger partial charge is 0.161 e. The van der Waals surface area contributed by atoms with E-state index in [1.807, 2.05) is 30.5 Å². The van der Waals surface area contributed by atoms with Crippen LogP contribution in [0.1, 0.15) is 11.1 Å². The van der Waals surface area contributed by atoms with Gasteiger partial charge in [-0.15, -0.1) is 0 Å². The molecule has 0 amide bonds. The average molecular weight is 308 g/mol. The first-order valence-electron chi connectivity index (χ1n) is 7.51. The van der Waals surface area contributed by atoms with E-state index in [4.69, 9.17) is 9.47 Å². The summed E-state index contributed by atoms with van der Waals surface area (Å²) in [5, 5.41) is 5.72. The van der Waals surface area contributed by atoms with Crippen LogP contribution in [0.4, 0.5) is 5.82 Å². The molecule has 3 aromatic rings. The van der Waals surface area contributed by atoms with Crippen LogP contribution in [-0.2, 0) is 6.54 Å². The van der Waals surface area contributed by atoms with Crippen molar-refractivity contribution >= 4 is 16.6 Å². The molecule has 0 aliphatic carbocycles. The van der Waals surface area contributed by atoms with E-state index in [2.05, 4.69) is 35.4 Å². The summed E-state index contributed by atoms with van der Waals surface area (Å²) in [6.07, 6.45) is 1.83. The van der Waals surface area contributed by atoms with Crippen molar-refractivity contribution in [1.82, 2.24) is 4.98 Å². The first kappa shape index (κ1) is 15.2. The number of aromatic nitrogens is 1. The van der Waals surface area contributed by atoms with Crippen LogP contribution in [0.3, 0.4) is 0 Å². The molecule has 0 fully saturated rings. The highest BCUT2D eigenvalue weighted by molar-refractivity contribution is 5.92. The zero-order chi connectivity index (χ0) is 16.2. The predicted molar refractivity (Wildman–Crippen MR) is 93.4 cm³/mol. The largest absolute Gasteiger partial charge is 0.493 e. The number of aryl methyl sites for hydroxylation is 1. The zero-order valence-electron chi connectivity index (χ0n) is 13.6. The van der Waals surface area contributed by atoms with Gasteiger partial charge in [0.05, 0.1) is 14.2 Å². The second-order valence-electron chi connectivity index (χ2n) is 5.43. The Hall–Kier alpha value is -2.75. The van der Waals surface area contributed by atoms with E-state index in [0.29, 0.717) is 6.54 Å². The number of nitrogens with one attached hydrogen (secondary N) is 1. The van der Waals surface area contributed by atoms with Crippen molar-refractivity contribution < 1.29 is 9.47 Å². The Labute approximate surface area is 136 Å². The van der Waals surface area contributed by atoms with Gasteiger partial charge in [-0.2, -0.15) is 0 Å². The van der Waals surface area contributed by atoms with E-state index in [-0.39, 0.29) is 0 Å². The van der Waals surface area contributed by atoms with Gasteiger partial charge in [0.25, 0.3) is 0 Å². The molecule has 0 saturated carbocycles. The van der Waals surface area contributed by atoms with Gasteiger partial charge in [-0.25, -0.2) is 4.98 Å². The monoisotopic (exact) mass is 308 g/mol. The molecule has 3 rings (SSSR count). The highest BCUT2D eigenvalue weighted by Crippen LogP contribution is 2.28. The van der Waals surface area contributed by atoms with Crippen LogP contribution in [0.15, 0.2) is 48.7 Å². The van der Waals surface area contributed by atoms with Gasteiger partial charge in [-0.05, 0) is 36.1 Å². The lowest BCUT2D eigenvalue weighted by atomic mass is 10.1. The molecule has 0 saturated heterocycles. The Morgan fingerprint density at radius 3 is 2.57 bits per heavy atom. The van der Waals surface area contributed by atoms with Gasteiger partial charge in [0.2, 0.25) is 0 Å². The molecule has 1 aromatic heterocycles. The zero-order valence-corrected chi connectivity index (χ0v) is 13.6. The number of ether oxygens (including phenoxy) is 2. The number of anilines is 1. The third-order valence-corrected chi connectivity index (χ3v) is 3.83. The Morgan fingerprint density at radius 2 is 1.78 bits per heavy atom. The van der Waals surface area contributed by atoms with Crippen molar-refractivity contribution in [1.29, 1.82) is 0 Å². The van der Waals surface area contributed by atoms with Gasteiger partial charge in [0.15, 0.2) is 11.5 Å². The molecule has 23 heavy (non-hydrogen) atoms. The highest BCUT2D eigenvalue weighted by atomic mass is 16.5. The fourth-order valence-corrected chi connectivity index (χ4v) is 2.61. The summed E-state index contributed by atoms with van der Waals surface area (Å²) in [4.78, 5) is 4.46. The quantitative estimate of drug-likeness (QED) is 0.768. The minimum atomic E-state index is 0.667. The molecule has 0 spiro atoms. The van der Waals surface area contributed by atoms with Gasteiger partial charge in [-0.3, -0.25) is 0 Å². The van der Waals surface area contributed by atoms with E-state index in [1.165, 1.54) is 10.9 Å². The van der Waals surface area contributed by atoms with Crippen molar-refractivity contribution in [2.24, 2.45) is 0 Å². The molecule has 0 aliphatic heterocycles. The molecule has 1 heterocycles. The molecule has 4 heteroatoms. The molecular formula is C19H20N2O2. The van der Waals surface area contributed by atoms with Gasteiger partial charge in [0, 0.05) is 18.1 Å². The lowest BCUT2D eigenvalue weighted by Crippen LogP contribution is -2.02. The van der Waals surface area contributed by atoms with Crippen LogP contribution < -0.4 is 14.8 Å². The Bertz CT molecular complexity index is 831. The number of pyridine rings is 1. The topological polar surface area (TPSA) is 43.4 Å². The SMILES string of the molecule is COc1ccc(CNc2nccc3cc(C)ccc23)cc1OC. The summed E-state index contributed by atoms with van der Waals surface area (Å²) in [6, 6.07) is 14.3. The third kappa shape index (κ3) is 3.21. The molecular weight excluding hydrogens is 288 g/mol. The second kappa shape index (κ2) is 6.57. The lowest BCUT2D eigenvalue weighted by Gasteiger charge is -2.12. The van der Waals surface area contributed by atoms with Gasteiger partial charge in [0.1, 0.15) is 5.82 Å². The summed E-state index contributed by atoms with van der Waals surface area (Å²) in [6.45, 7) is 2.76. The molecule has 2 aromatic carbocycles. The number of methoxy groups -OCH3 is 2. The van der Waals surface area contributed by atoms with Crippen LogP contribution in [0.25, 0.3) is 10.8 Å². The predicted octanol–water partition coefficient (Wildman–Crippen LogP) is 4.17. The standard InChI is InChI=1S/C19H20N2O2/c1-13-4-6-16-15(10-13)8-9-20-19(16)21-12-14-5-7-17(22-2)18(11-14)23-3/h4-11H,12H2,1-3H3,(H,20,21). The maximum absolute atomic E-state index is 5.34. The summed E-state index contributed by atoms with van der Waals surface area (Å²) in [5.41, 5.74) is 2.35. The first-order valence-corrected chi connectivity index (χ1v) is 7.51. The van der Waals surface area contributed by atoms with E-state index in [0.717, 1.165) is 28.3 Å². The molecule has 0 unspecified atom stereocenters. The van der Waals surface area contributed by atoms with Crippen molar-refractivity contribution in [3.05, 3.63) is 59.8 Å². The van der Waals surface area contributed by atoms with Gasteiger partial charge < -0.3 is 14.8 Å². The Morgan fingerprint density at radius 1 is 0.957 bits per heavy atom. The number of hydrogen-bond acceptors (Lipinski definition) is 4. The molecule has 0 aliphatic rings. The molecule has 0 atom stereocenters. The highest BCUT2D eigenvalue weighted by Gasteiger charge is 2.06. The average Bonchev–Trinajstić information content (AvgIpc) is 2.59. The van der Waals surface area contributed by atoms with E-state index < -0.39 is 0 Å². The maximum Gasteiger partial charge on any atom is 0.161 e. The number of hydrogen-bond donors (Lipinski definition) is 1. The van der Waals surface area contributed by atoms with Crippen LogP contribution in [0.5, 0.6) is 11.5 Å². The molecule has 4 nitrogen and oxygen atoms in total. The van der Waals surface area contributed by atoms with Crippen molar-refractivity contribution in [3.8, 4) is 11.5 Å².